The van der Waals surface area contributed by atoms with Crippen molar-refractivity contribution in [2.75, 3.05) is 17.3 Å². The summed E-state index contributed by atoms with van der Waals surface area (Å²) in [5, 5.41) is 14.0. The molecule has 1 atom stereocenters. The molecule has 0 aliphatic carbocycles. The van der Waals surface area contributed by atoms with Gasteiger partial charge in [0.25, 0.3) is 0 Å². The van der Waals surface area contributed by atoms with Crippen LogP contribution in [0.4, 0.5) is 5.82 Å². The monoisotopic (exact) mass is 281 g/mol. The smallest absolute Gasteiger partial charge is 0.159 e. The highest BCUT2D eigenvalue weighted by molar-refractivity contribution is 7.98. The molecule has 1 aromatic heterocycles. The largest absolute Gasteiger partial charge is 0.366 e. The van der Waals surface area contributed by atoms with E-state index in [1.54, 1.807) is 0 Å². The van der Waals surface area contributed by atoms with Crippen molar-refractivity contribution >= 4 is 40.0 Å². The standard InChI is InChI=1S/C13H16ClN3S/c1-9(7-8-18-2)15-13-11-6-4-3-5-10(11)12(14)16-17-13/h3-6,9H,7-8H2,1-2H3,(H,15,17). The Morgan fingerprint density at radius 1 is 1.28 bits per heavy atom. The molecule has 0 amide bonds. The van der Waals surface area contributed by atoms with E-state index in [0.717, 1.165) is 28.8 Å². The van der Waals surface area contributed by atoms with Crippen molar-refractivity contribution in [3.63, 3.8) is 0 Å². The molecule has 2 rings (SSSR count). The zero-order valence-corrected chi connectivity index (χ0v) is 12.1. The van der Waals surface area contributed by atoms with E-state index < -0.39 is 0 Å². The summed E-state index contributed by atoms with van der Waals surface area (Å²) in [6.07, 6.45) is 3.21. The number of anilines is 1. The molecule has 18 heavy (non-hydrogen) atoms. The van der Waals surface area contributed by atoms with Crippen LogP contribution >= 0.6 is 23.4 Å². The molecule has 0 bridgehead atoms. The van der Waals surface area contributed by atoms with Gasteiger partial charge >= 0.3 is 0 Å². The first-order chi connectivity index (χ1) is 8.72. The van der Waals surface area contributed by atoms with Gasteiger partial charge in [-0.05, 0) is 25.4 Å². The number of hydrogen-bond acceptors (Lipinski definition) is 4. The van der Waals surface area contributed by atoms with Crippen molar-refractivity contribution in [2.24, 2.45) is 0 Å². The van der Waals surface area contributed by atoms with Gasteiger partial charge in [0.05, 0.1) is 0 Å². The first-order valence-electron chi connectivity index (χ1n) is 5.88. The number of rotatable bonds is 5. The van der Waals surface area contributed by atoms with Crippen LogP contribution in [0.25, 0.3) is 10.8 Å². The summed E-state index contributed by atoms with van der Waals surface area (Å²) in [7, 11) is 0. The van der Waals surface area contributed by atoms with Crippen LogP contribution in [-0.4, -0.2) is 28.2 Å². The molecule has 5 heteroatoms. The Bertz CT molecular complexity index is 533. The maximum atomic E-state index is 6.04. The number of nitrogens with one attached hydrogen (secondary N) is 1. The molecule has 3 nitrogen and oxygen atoms in total. The van der Waals surface area contributed by atoms with E-state index in [0.29, 0.717) is 11.2 Å². The van der Waals surface area contributed by atoms with E-state index in [1.807, 2.05) is 36.0 Å². The van der Waals surface area contributed by atoms with Crippen molar-refractivity contribution in [1.29, 1.82) is 0 Å². The molecule has 0 fully saturated rings. The molecular formula is C13H16ClN3S. The summed E-state index contributed by atoms with van der Waals surface area (Å²) in [6.45, 7) is 2.15. The first kappa shape index (κ1) is 13.4. The van der Waals surface area contributed by atoms with Crippen LogP contribution in [0, 0.1) is 0 Å². The van der Waals surface area contributed by atoms with Crippen molar-refractivity contribution in [3.8, 4) is 0 Å². The molecule has 1 unspecified atom stereocenters. The Kier molecular flexibility index (Phi) is 4.66. The summed E-state index contributed by atoms with van der Waals surface area (Å²) in [5.41, 5.74) is 0. The molecule has 0 radical (unpaired) electrons. The zero-order valence-electron chi connectivity index (χ0n) is 10.5. The number of thioether (sulfide) groups is 1. The normalized spacial score (nSPS) is 12.6. The highest BCUT2D eigenvalue weighted by atomic mass is 35.5. The van der Waals surface area contributed by atoms with E-state index in [2.05, 4.69) is 28.7 Å². The fourth-order valence-corrected chi connectivity index (χ4v) is 2.57. The van der Waals surface area contributed by atoms with E-state index in [1.165, 1.54) is 0 Å². The topological polar surface area (TPSA) is 37.8 Å². The fourth-order valence-electron chi connectivity index (χ4n) is 1.78. The van der Waals surface area contributed by atoms with E-state index in [4.69, 9.17) is 11.6 Å². The lowest BCUT2D eigenvalue weighted by Crippen LogP contribution is -2.17. The highest BCUT2D eigenvalue weighted by Crippen LogP contribution is 2.26. The molecule has 2 aromatic rings. The van der Waals surface area contributed by atoms with Crippen LogP contribution in [0.15, 0.2) is 24.3 Å². The van der Waals surface area contributed by atoms with Gasteiger partial charge in [-0.1, -0.05) is 35.9 Å². The quantitative estimate of drug-likeness (QED) is 0.904. The number of aromatic nitrogens is 2. The van der Waals surface area contributed by atoms with Gasteiger partial charge in [0.2, 0.25) is 0 Å². The van der Waals surface area contributed by atoms with Crippen LogP contribution < -0.4 is 5.32 Å². The van der Waals surface area contributed by atoms with Gasteiger partial charge in [0, 0.05) is 16.8 Å². The minimum atomic E-state index is 0.372. The lowest BCUT2D eigenvalue weighted by molar-refractivity contribution is 0.764. The lowest BCUT2D eigenvalue weighted by Gasteiger charge is -2.15. The van der Waals surface area contributed by atoms with Crippen molar-refractivity contribution < 1.29 is 0 Å². The van der Waals surface area contributed by atoms with E-state index in [-0.39, 0.29) is 0 Å². The SMILES string of the molecule is CSCCC(C)Nc1nnc(Cl)c2ccccc12. The predicted molar refractivity (Wildman–Crippen MR) is 80.6 cm³/mol. The van der Waals surface area contributed by atoms with Crippen LogP contribution in [0.1, 0.15) is 13.3 Å². The third-order valence-corrected chi connectivity index (χ3v) is 3.70. The number of fused-ring (bicyclic) bond motifs is 1. The van der Waals surface area contributed by atoms with Gasteiger partial charge < -0.3 is 5.32 Å². The summed E-state index contributed by atoms with van der Waals surface area (Å²) < 4.78 is 0. The Morgan fingerprint density at radius 3 is 2.72 bits per heavy atom. The van der Waals surface area contributed by atoms with Crippen molar-refractivity contribution in [1.82, 2.24) is 10.2 Å². The van der Waals surface area contributed by atoms with Gasteiger partial charge in [0.15, 0.2) is 11.0 Å². The molecule has 1 aromatic carbocycles. The number of halogens is 1. The Balaban J connectivity index is 2.26. The highest BCUT2D eigenvalue weighted by Gasteiger charge is 2.09. The van der Waals surface area contributed by atoms with Crippen LogP contribution in [0.5, 0.6) is 0 Å². The summed E-state index contributed by atoms with van der Waals surface area (Å²) in [5.74, 6) is 1.94. The third-order valence-electron chi connectivity index (χ3n) is 2.78. The van der Waals surface area contributed by atoms with Gasteiger partial charge in [-0.25, -0.2) is 0 Å². The van der Waals surface area contributed by atoms with Crippen LogP contribution in [0.3, 0.4) is 0 Å². The van der Waals surface area contributed by atoms with Gasteiger partial charge in [0.1, 0.15) is 0 Å². The van der Waals surface area contributed by atoms with Gasteiger partial charge in [-0.15, -0.1) is 10.2 Å². The zero-order chi connectivity index (χ0) is 13.0. The van der Waals surface area contributed by atoms with Crippen LogP contribution in [-0.2, 0) is 0 Å². The summed E-state index contributed by atoms with van der Waals surface area (Å²) >= 11 is 7.89. The minimum absolute atomic E-state index is 0.372. The molecule has 0 aliphatic rings. The molecular weight excluding hydrogens is 266 g/mol. The molecule has 96 valence electrons. The first-order valence-corrected chi connectivity index (χ1v) is 7.66. The Hall–Kier alpha value is -1.00. The van der Waals surface area contributed by atoms with Gasteiger partial charge in [-0.3, -0.25) is 0 Å². The number of hydrogen-bond donors (Lipinski definition) is 1. The maximum Gasteiger partial charge on any atom is 0.159 e. The number of benzene rings is 1. The average Bonchev–Trinajstić information content (AvgIpc) is 2.40. The number of nitrogens with zero attached hydrogens (tertiary/aromatic N) is 2. The third kappa shape index (κ3) is 3.06. The minimum Gasteiger partial charge on any atom is -0.366 e. The Morgan fingerprint density at radius 2 is 2.00 bits per heavy atom. The average molecular weight is 282 g/mol. The molecule has 1 N–H and O–H groups in total. The molecule has 0 spiro atoms. The second-order valence-electron chi connectivity index (χ2n) is 4.21. The Labute approximate surface area is 116 Å². The summed E-state index contributed by atoms with van der Waals surface area (Å²) in [6, 6.07) is 8.29. The maximum absolute atomic E-state index is 6.04. The molecule has 0 saturated heterocycles. The van der Waals surface area contributed by atoms with E-state index in [9.17, 15) is 0 Å². The second-order valence-corrected chi connectivity index (χ2v) is 5.56. The van der Waals surface area contributed by atoms with Crippen molar-refractivity contribution in [3.05, 3.63) is 29.4 Å². The van der Waals surface area contributed by atoms with Gasteiger partial charge in [-0.2, -0.15) is 11.8 Å². The summed E-state index contributed by atoms with van der Waals surface area (Å²) in [4.78, 5) is 0. The fraction of sp³-hybridized carbons (Fsp3) is 0.385. The van der Waals surface area contributed by atoms with Crippen molar-refractivity contribution in [2.45, 2.75) is 19.4 Å². The second kappa shape index (κ2) is 6.25. The predicted octanol–water partition coefficient (Wildman–Crippen LogP) is 3.84. The van der Waals surface area contributed by atoms with Crippen LogP contribution in [0.2, 0.25) is 5.15 Å². The lowest BCUT2D eigenvalue weighted by atomic mass is 10.2. The van der Waals surface area contributed by atoms with E-state index >= 15 is 0 Å². The molecule has 1 heterocycles. The molecule has 0 saturated carbocycles. The molecule has 0 aliphatic heterocycles.